The second-order valence-corrected chi connectivity index (χ2v) is 7.10. The highest BCUT2D eigenvalue weighted by Crippen LogP contribution is 2.28. The predicted molar refractivity (Wildman–Crippen MR) is 111 cm³/mol. The summed E-state index contributed by atoms with van der Waals surface area (Å²) in [4.78, 5) is 19.6. The van der Waals surface area contributed by atoms with Crippen LogP contribution in [0.25, 0.3) is 21.5 Å². The first-order valence-corrected chi connectivity index (χ1v) is 9.91. The number of benzene rings is 2. The van der Waals surface area contributed by atoms with E-state index in [0.29, 0.717) is 17.0 Å². The first-order valence-electron chi connectivity index (χ1n) is 9.03. The van der Waals surface area contributed by atoms with E-state index in [1.54, 1.807) is 5.38 Å². The molecule has 0 atom stereocenters. The number of fused-ring (bicyclic) bond motifs is 1. The molecular weight excluding hydrogens is 356 g/mol. The van der Waals surface area contributed by atoms with Crippen molar-refractivity contribution < 1.29 is 9.21 Å². The Morgan fingerprint density at radius 3 is 2.59 bits per heavy atom. The lowest BCUT2D eigenvalue weighted by Crippen LogP contribution is -2.21. The third-order valence-corrected chi connectivity index (χ3v) is 5.50. The molecular formula is C22H20N2O2S. The number of rotatable bonds is 6. The van der Waals surface area contributed by atoms with E-state index in [9.17, 15) is 4.79 Å². The van der Waals surface area contributed by atoms with Gasteiger partial charge in [0.05, 0.1) is 0 Å². The molecule has 4 rings (SSSR count). The molecule has 0 aliphatic heterocycles. The summed E-state index contributed by atoms with van der Waals surface area (Å²) in [5.41, 5.74) is 3.27. The van der Waals surface area contributed by atoms with Crippen molar-refractivity contribution in [3.8, 4) is 10.6 Å². The van der Waals surface area contributed by atoms with E-state index in [-0.39, 0.29) is 5.78 Å². The highest BCUT2D eigenvalue weighted by molar-refractivity contribution is 7.13. The van der Waals surface area contributed by atoms with Crippen LogP contribution in [0.3, 0.4) is 0 Å². The number of carbonyl (C=O) groups excluding carboxylic acids is 1. The average Bonchev–Trinajstić information content (AvgIpc) is 3.36. The third-order valence-electron chi connectivity index (χ3n) is 4.61. The maximum absolute atomic E-state index is 12.8. The van der Waals surface area contributed by atoms with Crippen LogP contribution in [0.2, 0.25) is 0 Å². The molecule has 0 saturated heterocycles. The maximum Gasteiger partial charge on any atom is 0.247 e. The van der Waals surface area contributed by atoms with E-state index in [4.69, 9.17) is 4.42 Å². The summed E-state index contributed by atoms with van der Waals surface area (Å²) in [5.74, 6) is 0.139. The second kappa shape index (κ2) is 7.37. The minimum atomic E-state index is -0.186. The monoisotopic (exact) mass is 376 g/mol. The lowest BCUT2D eigenvalue weighted by Gasteiger charge is -2.20. The highest BCUT2D eigenvalue weighted by atomic mass is 32.1. The van der Waals surface area contributed by atoms with Gasteiger partial charge in [-0.2, -0.15) is 0 Å². The summed E-state index contributed by atoms with van der Waals surface area (Å²) in [6, 6.07) is 17.7. The van der Waals surface area contributed by atoms with Crippen molar-refractivity contribution in [3.63, 3.8) is 0 Å². The van der Waals surface area contributed by atoms with Gasteiger partial charge in [0.15, 0.2) is 5.76 Å². The van der Waals surface area contributed by atoms with E-state index in [2.05, 4.69) is 29.8 Å². The van der Waals surface area contributed by atoms with Gasteiger partial charge in [-0.1, -0.05) is 30.3 Å². The van der Waals surface area contributed by atoms with Crippen LogP contribution in [0.5, 0.6) is 0 Å². The van der Waals surface area contributed by atoms with Crippen LogP contribution in [0.1, 0.15) is 30.1 Å². The number of thiazole rings is 1. The number of hydrogen-bond donors (Lipinski definition) is 0. The number of carbonyl (C=O) groups is 1. The Kier molecular flexibility index (Phi) is 4.77. The first kappa shape index (κ1) is 17.5. The molecule has 136 valence electrons. The maximum atomic E-state index is 12.8. The van der Waals surface area contributed by atoms with E-state index >= 15 is 0 Å². The summed E-state index contributed by atoms with van der Waals surface area (Å²) in [6.07, 6.45) is 0. The topological polar surface area (TPSA) is 46.3 Å². The van der Waals surface area contributed by atoms with Crippen molar-refractivity contribution in [2.24, 2.45) is 0 Å². The fraction of sp³-hybridized carbons (Fsp3) is 0.182. The normalized spacial score (nSPS) is 11.0. The van der Waals surface area contributed by atoms with Gasteiger partial charge in [0.2, 0.25) is 5.78 Å². The third kappa shape index (κ3) is 3.38. The molecule has 4 aromatic rings. The van der Waals surface area contributed by atoms with Crippen molar-refractivity contribution >= 4 is 33.8 Å². The van der Waals surface area contributed by atoms with Gasteiger partial charge in [0.1, 0.15) is 16.3 Å². The zero-order valence-corrected chi connectivity index (χ0v) is 16.1. The minimum absolute atomic E-state index is 0.186. The van der Waals surface area contributed by atoms with E-state index in [1.807, 2.05) is 48.5 Å². The van der Waals surface area contributed by atoms with Crippen molar-refractivity contribution in [1.29, 1.82) is 0 Å². The number of nitrogens with zero attached hydrogens (tertiary/aromatic N) is 2. The van der Waals surface area contributed by atoms with Crippen molar-refractivity contribution in [3.05, 3.63) is 71.4 Å². The molecule has 0 bridgehead atoms. The number of hydrogen-bond acceptors (Lipinski definition) is 5. The number of anilines is 1. The van der Waals surface area contributed by atoms with Gasteiger partial charge >= 0.3 is 0 Å². The molecule has 0 saturated carbocycles. The van der Waals surface area contributed by atoms with Gasteiger partial charge in [-0.25, -0.2) is 4.98 Å². The number of aromatic nitrogens is 1. The lowest BCUT2D eigenvalue weighted by atomic mass is 10.2. The van der Waals surface area contributed by atoms with E-state index in [1.165, 1.54) is 11.3 Å². The quantitative estimate of drug-likeness (QED) is 0.409. The molecule has 2 aromatic heterocycles. The molecule has 0 spiro atoms. The van der Waals surface area contributed by atoms with Gasteiger partial charge < -0.3 is 9.32 Å². The van der Waals surface area contributed by atoms with Crippen molar-refractivity contribution in [2.45, 2.75) is 13.8 Å². The Bertz CT molecular complexity index is 1080. The summed E-state index contributed by atoms with van der Waals surface area (Å²) in [7, 11) is 0. The van der Waals surface area contributed by atoms with Gasteiger partial charge in [0, 0.05) is 35.1 Å². The Morgan fingerprint density at radius 1 is 1.07 bits per heavy atom. The molecule has 0 aliphatic rings. The highest BCUT2D eigenvalue weighted by Gasteiger charge is 2.18. The molecule has 27 heavy (non-hydrogen) atoms. The van der Waals surface area contributed by atoms with Crippen LogP contribution in [0.4, 0.5) is 5.69 Å². The van der Waals surface area contributed by atoms with Crippen LogP contribution in [0, 0.1) is 0 Å². The molecule has 2 heterocycles. The predicted octanol–water partition coefficient (Wildman–Crippen LogP) is 5.63. The standard InChI is InChI=1S/C22H20N2O2S/c1-3-24(4-2)17-10-11-19-16(12-17)13-20(26-19)21(25)18-14-27-22(23-18)15-8-6-5-7-9-15/h5-14H,3-4H2,1-2H3. The smallest absolute Gasteiger partial charge is 0.247 e. The molecule has 0 amide bonds. The summed E-state index contributed by atoms with van der Waals surface area (Å²) >= 11 is 1.46. The summed E-state index contributed by atoms with van der Waals surface area (Å²) < 4.78 is 5.80. The van der Waals surface area contributed by atoms with E-state index in [0.717, 1.165) is 34.7 Å². The molecule has 0 unspecified atom stereocenters. The Labute approximate surface area is 162 Å². The second-order valence-electron chi connectivity index (χ2n) is 6.24. The van der Waals surface area contributed by atoms with Crippen LogP contribution < -0.4 is 4.90 Å². The van der Waals surface area contributed by atoms with Gasteiger partial charge in [-0.3, -0.25) is 4.79 Å². The molecule has 0 aliphatic carbocycles. The average molecular weight is 376 g/mol. The van der Waals surface area contributed by atoms with Gasteiger partial charge in [-0.05, 0) is 38.1 Å². The SMILES string of the molecule is CCN(CC)c1ccc2oc(C(=O)c3csc(-c4ccccc4)n3)cc2c1. The fourth-order valence-electron chi connectivity index (χ4n) is 3.15. The Balaban J connectivity index is 1.64. The minimum Gasteiger partial charge on any atom is -0.453 e. The molecule has 5 heteroatoms. The zero-order valence-electron chi connectivity index (χ0n) is 15.3. The lowest BCUT2D eigenvalue weighted by molar-refractivity contribution is 0.101. The summed E-state index contributed by atoms with van der Waals surface area (Å²) in [5, 5.41) is 3.55. The molecule has 0 N–H and O–H groups in total. The Morgan fingerprint density at radius 2 is 1.85 bits per heavy atom. The molecule has 0 radical (unpaired) electrons. The van der Waals surface area contributed by atoms with Crippen LogP contribution >= 0.6 is 11.3 Å². The van der Waals surface area contributed by atoms with Crippen LogP contribution in [0.15, 0.2) is 64.4 Å². The summed E-state index contributed by atoms with van der Waals surface area (Å²) in [6.45, 7) is 6.13. The van der Waals surface area contributed by atoms with Gasteiger partial charge in [0.25, 0.3) is 0 Å². The van der Waals surface area contributed by atoms with Crippen molar-refractivity contribution in [1.82, 2.24) is 4.98 Å². The fourth-order valence-corrected chi connectivity index (χ4v) is 3.95. The molecule has 0 fully saturated rings. The van der Waals surface area contributed by atoms with Gasteiger partial charge in [-0.15, -0.1) is 11.3 Å². The Hall–Kier alpha value is -2.92. The number of ketones is 1. The van der Waals surface area contributed by atoms with E-state index < -0.39 is 0 Å². The molecule has 2 aromatic carbocycles. The zero-order chi connectivity index (χ0) is 18.8. The van der Waals surface area contributed by atoms with Crippen LogP contribution in [-0.2, 0) is 0 Å². The largest absolute Gasteiger partial charge is 0.453 e. The van der Waals surface area contributed by atoms with Crippen LogP contribution in [-0.4, -0.2) is 23.9 Å². The number of furan rings is 1. The first-order chi connectivity index (χ1) is 13.2. The van der Waals surface area contributed by atoms with Crippen molar-refractivity contribution in [2.75, 3.05) is 18.0 Å². The molecule has 4 nitrogen and oxygen atoms in total.